The van der Waals surface area contributed by atoms with Crippen LogP contribution in [0.1, 0.15) is 27.0 Å². The van der Waals surface area contributed by atoms with Crippen LogP contribution < -0.4 is 4.74 Å². The molecule has 0 saturated carbocycles. The molecule has 1 saturated heterocycles. The van der Waals surface area contributed by atoms with Crippen molar-refractivity contribution >= 4 is 40.6 Å². The van der Waals surface area contributed by atoms with Gasteiger partial charge in [0.2, 0.25) is 0 Å². The van der Waals surface area contributed by atoms with Gasteiger partial charge in [0.05, 0.1) is 16.2 Å². The van der Waals surface area contributed by atoms with Gasteiger partial charge in [0.25, 0.3) is 5.91 Å². The Morgan fingerprint density at radius 1 is 1.06 bits per heavy atom. The number of likely N-dealkylation sites (N-methyl/N-ethyl adjacent to an activating group) is 1. The fourth-order valence-corrected chi connectivity index (χ4v) is 4.14. The second-order valence-electron chi connectivity index (χ2n) is 7.53. The molecular formula is C26H22N2O4S. The summed E-state index contributed by atoms with van der Waals surface area (Å²) >= 11 is 1.27. The van der Waals surface area contributed by atoms with Crippen LogP contribution in [0.15, 0.2) is 82.7 Å². The Hall–Kier alpha value is -3.84. The first-order valence-electron chi connectivity index (χ1n) is 10.3. The Kier molecular flexibility index (Phi) is 6.60. The molecule has 1 fully saturated rings. The number of ether oxygens (including phenoxy) is 1. The monoisotopic (exact) mass is 458 g/mol. The van der Waals surface area contributed by atoms with Crippen molar-refractivity contribution in [1.29, 1.82) is 0 Å². The number of amidine groups is 1. The van der Waals surface area contributed by atoms with Gasteiger partial charge in [-0.3, -0.25) is 9.69 Å². The van der Waals surface area contributed by atoms with E-state index < -0.39 is 5.97 Å². The summed E-state index contributed by atoms with van der Waals surface area (Å²) < 4.78 is 6.03. The highest BCUT2D eigenvalue weighted by Crippen LogP contribution is 2.34. The summed E-state index contributed by atoms with van der Waals surface area (Å²) in [6.45, 7) is 2.47. The molecule has 0 bridgehead atoms. The second-order valence-corrected chi connectivity index (χ2v) is 8.54. The summed E-state index contributed by atoms with van der Waals surface area (Å²) in [5.74, 6) is -0.462. The van der Waals surface area contributed by atoms with E-state index in [4.69, 9.17) is 9.84 Å². The highest BCUT2D eigenvalue weighted by molar-refractivity contribution is 8.18. The minimum atomic E-state index is -0.995. The molecule has 1 aliphatic rings. The molecular weight excluding hydrogens is 436 g/mol. The van der Waals surface area contributed by atoms with E-state index in [0.29, 0.717) is 28.1 Å². The Morgan fingerprint density at radius 3 is 2.45 bits per heavy atom. The van der Waals surface area contributed by atoms with Crippen LogP contribution in [0.25, 0.3) is 6.08 Å². The van der Waals surface area contributed by atoms with Crippen LogP contribution in [0, 0.1) is 6.92 Å². The molecule has 6 nitrogen and oxygen atoms in total. The van der Waals surface area contributed by atoms with Gasteiger partial charge >= 0.3 is 5.97 Å². The number of rotatable bonds is 6. The number of carboxylic acid groups (broad SMARTS) is 1. The molecule has 1 amide bonds. The van der Waals surface area contributed by atoms with Gasteiger partial charge in [0, 0.05) is 12.6 Å². The number of nitrogens with zero attached hydrogens (tertiary/aromatic N) is 2. The molecule has 1 N–H and O–H groups in total. The zero-order valence-electron chi connectivity index (χ0n) is 18.2. The van der Waals surface area contributed by atoms with Crippen LogP contribution in [0.4, 0.5) is 5.69 Å². The molecule has 0 unspecified atom stereocenters. The molecule has 1 heterocycles. The average molecular weight is 459 g/mol. The number of carboxylic acids is 1. The summed E-state index contributed by atoms with van der Waals surface area (Å²) in [5.41, 5.74) is 3.83. The SMILES string of the molecule is Cc1ccc(COc2ccccc2/C=C2\SC(=Nc3ccc(C(=O)O)cc3)N(C)C2=O)cc1. The first-order chi connectivity index (χ1) is 15.9. The number of aromatic carboxylic acids is 1. The third-order valence-corrected chi connectivity index (χ3v) is 6.12. The van der Waals surface area contributed by atoms with Gasteiger partial charge in [-0.1, -0.05) is 48.0 Å². The molecule has 3 aromatic carbocycles. The summed E-state index contributed by atoms with van der Waals surface area (Å²) in [7, 11) is 1.67. The highest BCUT2D eigenvalue weighted by atomic mass is 32.2. The topological polar surface area (TPSA) is 79.2 Å². The first-order valence-corrected chi connectivity index (χ1v) is 11.1. The number of aliphatic imine (C=N–C) groups is 1. The molecule has 4 rings (SSSR count). The van der Waals surface area contributed by atoms with Gasteiger partial charge in [-0.25, -0.2) is 9.79 Å². The number of carbonyl (C=O) groups excluding carboxylic acids is 1. The van der Waals surface area contributed by atoms with Gasteiger partial charge < -0.3 is 9.84 Å². The maximum Gasteiger partial charge on any atom is 0.335 e. The lowest BCUT2D eigenvalue weighted by atomic mass is 10.1. The lowest BCUT2D eigenvalue weighted by Crippen LogP contribution is -2.23. The molecule has 1 aliphatic heterocycles. The smallest absolute Gasteiger partial charge is 0.335 e. The van der Waals surface area contributed by atoms with E-state index in [2.05, 4.69) is 4.99 Å². The summed E-state index contributed by atoms with van der Waals surface area (Å²) in [6.07, 6.45) is 1.81. The van der Waals surface area contributed by atoms with E-state index in [1.165, 1.54) is 34.4 Å². The van der Waals surface area contributed by atoms with Crippen molar-refractivity contribution in [2.75, 3.05) is 7.05 Å². The van der Waals surface area contributed by atoms with Crippen LogP contribution in [0.2, 0.25) is 0 Å². The van der Waals surface area contributed by atoms with Crippen LogP contribution in [-0.2, 0) is 11.4 Å². The van der Waals surface area contributed by atoms with E-state index >= 15 is 0 Å². The van der Waals surface area contributed by atoms with Crippen LogP contribution in [0.5, 0.6) is 5.75 Å². The van der Waals surface area contributed by atoms with E-state index in [1.807, 2.05) is 61.5 Å². The van der Waals surface area contributed by atoms with E-state index in [9.17, 15) is 9.59 Å². The van der Waals surface area contributed by atoms with Crippen molar-refractivity contribution in [2.24, 2.45) is 4.99 Å². The molecule has 0 aliphatic carbocycles. The fourth-order valence-electron chi connectivity index (χ4n) is 3.16. The third-order valence-electron chi connectivity index (χ3n) is 5.06. The van der Waals surface area contributed by atoms with Gasteiger partial charge in [-0.05, 0) is 60.7 Å². The lowest BCUT2D eigenvalue weighted by Gasteiger charge is -2.10. The number of hydrogen-bond donors (Lipinski definition) is 1. The zero-order valence-corrected chi connectivity index (χ0v) is 19.0. The molecule has 0 aromatic heterocycles. The Morgan fingerprint density at radius 2 is 1.76 bits per heavy atom. The van der Waals surface area contributed by atoms with Crippen molar-refractivity contribution in [1.82, 2.24) is 4.90 Å². The van der Waals surface area contributed by atoms with Crippen LogP contribution in [0.3, 0.4) is 0 Å². The Labute approximate surface area is 196 Å². The Balaban J connectivity index is 1.53. The molecule has 33 heavy (non-hydrogen) atoms. The average Bonchev–Trinajstić information content (AvgIpc) is 3.07. The number of para-hydroxylation sites is 1. The minimum absolute atomic E-state index is 0.158. The number of benzene rings is 3. The number of carbonyl (C=O) groups is 2. The maximum absolute atomic E-state index is 12.8. The first kappa shape index (κ1) is 22.4. The predicted octanol–water partition coefficient (Wildman–Crippen LogP) is 5.51. The fraction of sp³-hybridized carbons (Fsp3) is 0.115. The second kappa shape index (κ2) is 9.75. The third kappa shape index (κ3) is 5.32. The van der Waals surface area contributed by atoms with Gasteiger partial charge in [-0.15, -0.1) is 0 Å². The normalized spacial score (nSPS) is 15.9. The maximum atomic E-state index is 12.8. The van der Waals surface area contributed by atoms with Gasteiger partial charge in [-0.2, -0.15) is 0 Å². The molecule has 166 valence electrons. The van der Waals surface area contributed by atoms with Crippen LogP contribution in [-0.4, -0.2) is 34.1 Å². The van der Waals surface area contributed by atoms with Gasteiger partial charge in [0.15, 0.2) is 5.17 Å². The molecule has 0 spiro atoms. The van der Waals surface area contributed by atoms with E-state index in [-0.39, 0.29) is 11.5 Å². The minimum Gasteiger partial charge on any atom is -0.488 e. The largest absolute Gasteiger partial charge is 0.488 e. The zero-order chi connectivity index (χ0) is 23.4. The number of amides is 1. The molecule has 0 radical (unpaired) electrons. The van der Waals surface area contributed by atoms with Crippen LogP contribution >= 0.6 is 11.8 Å². The Bertz CT molecular complexity index is 1250. The number of aryl methyl sites for hydroxylation is 1. The summed E-state index contributed by atoms with van der Waals surface area (Å²) in [4.78, 5) is 30.4. The van der Waals surface area contributed by atoms with E-state index in [1.54, 1.807) is 19.2 Å². The van der Waals surface area contributed by atoms with E-state index in [0.717, 1.165) is 11.1 Å². The number of hydrogen-bond acceptors (Lipinski definition) is 5. The molecule has 7 heteroatoms. The summed E-state index contributed by atoms with van der Waals surface area (Å²) in [5, 5.41) is 9.56. The lowest BCUT2D eigenvalue weighted by molar-refractivity contribution is -0.121. The van der Waals surface area contributed by atoms with Crippen molar-refractivity contribution in [2.45, 2.75) is 13.5 Å². The number of thioether (sulfide) groups is 1. The molecule has 0 atom stereocenters. The van der Waals surface area contributed by atoms with Crippen molar-refractivity contribution in [3.63, 3.8) is 0 Å². The van der Waals surface area contributed by atoms with Gasteiger partial charge in [0.1, 0.15) is 12.4 Å². The quantitative estimate of drug-likeness (QED) is 0.493. The van der Waals surface area contributed by atoms with Crippen molar-refractivity contribution in [3.8, 4) is 5.75 Å². The highest BCUT2D eigenvalue weighted by Gasteiger charge is 2.30. The van der Waals surface area contributed by atoms with Crippen molar-refractivity contribution < 1.29 is 19.4 Å². The summed E-state index contributed by atoms with van der Waals surface area (Å²) in [6, 6.07) is 22.0. The molecule has 3 aromatic rings. The van der Waals surface area contributed by atoms with Crippen molar-refractivity contribution in [3.05, 3.63) is 100.0 Å². The predicted molar refractivity (Wildman–Crippen MR) is 131 cm³/mol. The standard InChI is InChI=1S/C26H22N2O4S/c1-17-7-9-18(10-8-17)16-32-22-6-4-3-5-20(22)15-23-24(29)28(2)26(33-23)27-21-13-11-19(12-14-21)25(30)31/h3-15H,16H2,1-2H3,(H,30,31)/b23-15-,27-26?.